The topological polar surface area (TPSA) is 81.6 Å². The smallest absolute Gasteiger partial charge is 0.404 e. The monoisotopic (exact) mass is 364 g/mol. The molecule has 0 heterocycles. The lowest BCUT2D eigenvalue weighted by Gasteiger charge is -2.23. The molecule has 0 radical (unpaired) electrons. The molecular formula is C19H22F2N2O3. The van der Waals surface area contributed by atoms with Crippen LogP contribution in [0.15, 0.2) is 42.5 Å². The molecule has 0 saturated heterocycles. The Morgan fingerprint density at radius 1 is 1.12 bits per heavy atom. The van der Waals surface area contributed by atoms with Crippen LogP contribution in [-0.4, -0.2) is 35.0 Å². The van der Waals surface area contributed by atoms with Gasteiger partial charge in [0.2, 0.25) is 0 Å². The van der Waals surface area contributed by atoms with Gasteiger partial charge < -0.3 is 20.8 Å². The van der Waals surface area contributed by atoms with Crippen molar-refractivity contribution < 1.29 is 23.8 Å². The molecule has 0 aliphatic heterocycles. The van der Waals surface area contributed by atoms with E-state index in [1.807, 2.05) is 31.2 Å². The Balaban J connectivity index is 1.97. The van der Waals surface area contributed by atoms with Crippen LogP contribution in [0, 0.1) is 18.6 Å². The molecule has 2 aromatic carbocycles. The molecule has 0 spiro atoms. The van der Waals surface area contributed by atoms with Crippen molar-refractivity contribution in [3.63, 3.8) is 0 Å². The lowest BCUT2D eigenvalue weighted by molar-refractivity contribution is 0.117. The Hall–Kier alpha value is -2.51. The normalized spacial score (nSPS) is 13.2. The van der Waals surface area contributed by atoms with Gasteiger partial charge in [0.15, 0.2) is 0 Å². The Kier molecular flexibility index (Phi) is 7.06. The summed E-state index contributed by atoms with van der Waals surface area (Å²) in [6, 6.07) is 9.91. The van der Waals surface area contributed by atoms with E-state index in [0.29, 0.717) is 6.54 Å². The van der Waals surface area contributed by atoms with Crippen molar-refractivity contribution in [2.24, 2.45) is 0 Å². The SMILES string of the molecule is Cc1cccc(CNC[C@H](O)C(Cc2cc(F)cc(F)c2)NC(=O)O)c1. The number of rotatable bonds is 8. The minimum absolute atomic E-state index is 0.0335. The molecule has 0 aliphatic carbocycles. The van der Waals surface area contributed by atoms with Crippen LogP contribution in [-0.2, 0) is 13.0 Å². The van der Waals surface area contributed by atoms with Crippen molar-refractivity contribution in [1.29, 1.82) is 0 Å². The predicted octanol–water partition coefficient (Wildman–Crippen LogP) is 2.60. The minimum atomic E-state index is -1.32. The van der Waals surface area contributed by atoms with Gasteiger partial charge in [-0.25, -0.2) is 13.6 Å². The van der Waals surface area contributed by atoms with E-state index in [-0.39, 0.29) is 18.5 Å². The number of amides is 1. The van der Waals surface area contributed by atoms with E-state index >= 15 is 0 Å². The highest BCUT2D eigenvalue weighted by Crippen LogP contribution is 2.12. The number of benzene rings is 2. The molecule has 1 amide bonds. The fourth-order valence-corrected chi connectivity index (χ4v) is 2.75. The number of aryl methyl sites for hydroxylation is 1. The van der Waals surface area contributed by atoms with Gasteiger partial charge in [0.25, 0.3) is 0 Å². The van der Waals surface area contributed by atoms with Gasteiger partial charge in [0.05, 0.1) is 12.1 Å². The summed E-state index contributed by atoms with van der Waals surface area (Å²) < 4.78 is 26.6. The number of aliphatic hydroxyl groups excluding tert-OH is 1. The first kappa shape index (κ1) is 19.8. The maximum Gasteiger partial charge on any atom is 0.404 e. The van der Waals surface area contributed by atoms with Crippen LogP contribution < -0.4 is 10.6 Å². The Morgan fingerprint density at radius 2 is 1.81 bits per heavy atom. The molecule has 5 nitrogen and oxygen atoms in total. The van der Waals surface area contributed by atoms with Crippen molar-refractivity contribution in [3.8, 4) is 0 Å². The van der Waals surface area contributed by atoms with E-state index in [4.69, 9.17) is 5.11 Å². The van der Waals surface area contributed by atoms with E-state index < -0.39 is 29.9 Å². The van der Waals surface area contributed by atoms with E-state index in [0.717, 1.165) is 29.3 Å². The first-order chi connectivity index (χ1) is 12.3. The fourth-order valence-electron chi connectivity index (χ4n) is 2.75. The highest BCUT2D eigenvalue weighted by molar-refractivity contribution is 5.65. The molecule has 1 unspecified atom stereocenters. The number of carbonyl (C=O) groups is 1. The van der Waals surface area contributed by atoms with Crippen molar-refractivity contribution in [3.05, 3.63) is 70.8 Å². The number of hydrogen-bond acceptors (Lipinski definition) is 3. The van der Waals surface area contributed by atoms with Crippen LogP contribution in [0.2, 0.25) is 0 Å². The third kappa shape index (κ3) is 6.42. The number of nitrogens with one attached hydrogen (secondary N) is 2. The van der Waals surface area contributed by atoms with Crippen molar-refractivity contribution in [1.82, 2.24) is 10.6 Å². The molecule has 0 aromatic heterocycles. The third-order valence-electron chi connectivity index (χ3n) is 3.92. The molecule has 4 N–H and O–H groups in total. The summed E-state index contributed by atoms with van der Waals surface area (Å²) >= 11 is 0. The number of hydrogen-bond donors (Lipinski definition) is 4. The van der Waals surface area contributed by atoms with Gasteiger partial charge in [-0.15, -0.1) is 0 Å². The van der Waals surface area contributed by atoms with Crippen LogP contribution in [0.4, 0.5) is 13.6 Å². The van der Waals surface area contributed by atoms with Gasteiger partial charge in [-0.1, -0.05) is 29.8 Å². The molecule has 0 saturated carbocycles. The summed E-state index contributed by atoms with van der Waals surface area (Å²) in [5, 5.41) is 24.5. The summed E-state index contributed by atoms with van der Waals surface area (Å²) in [5.41, 5.74) is 2.41. The van der Waals surface area contributed by atoms with Crippen LogP contribution in [0.5, 0.6) is 0 Å². The Bertz CT molecular complexity index is 735. The van der Waals surface area contributed by atoms with Crippen molar-refractivity contribution >= 4 is 6.09 Å². The summed E-state index contributed by atoms with van der Waals surface area (Å²) in [7, 11) is 0. The Morgan fingerprint density at radius 3 is 2.42 bits per heavy atom. The number of aliphatic hydroxyl groups is 1. The lowest BCUT2D eigenvalue weighted by Crippen LogP contribution is -2.48. The first-order valence-corrected chi connectivity index (χ1v) is 8.22. The predicted molar refractivity (Wildman–Crippen MR) is 93.9 cm³/mol. The highest BCUT2D eigenvalue weighted by Gasteiger charge is 2.22. The van der Waals surface area contributed by atoms with Crippen molar-refractivity contribution in [2.75, 3.05) is 6.54 Å². The van der Waals surface area contributed by atoms with Gasteiger partial charge in [-0.2, -0.15) is 0 Å². The van der Waals surface area contributed by atoms with Gasteiger partial charge in [0, 0.05) is 19.2 Å². The molecule has 0 fully saturated rings. The molecule has 26 heavy (non-hydrogen) atoms. The molecule has 2 aromatic rings. The largest absolute Gasteiger partial charge is 0.465 e. The summed E-state index contributed by atoms with van der Waals surface area (Å²) in [4.78, 5) is 11.0. The highest BCUT2D eigenvalue weighted by atomic mass is 19.1. The van der Waals surface area contributed by atoms with E-state index in [9.17, 15) is 18.7 Å². The molecule has 2 rings (SSSR count). The van der Waals surface area contributed by atoms with Gasteiger partial charge in [0.1, 0.15) is 11.6 Å². The fraction of sp³-hybridized carbons (Fsp3) is 0.316. The molecule has 2 atom stereocenters. The Labute approximate surface area is 150 Å². The average Bonchev–Trinajstić information content (AvgIpc) is 2.53. The zero-order chi connectivity index (χ0) is 19.1. The molecule has 140 valence electrons. The molecule has 0 aliphatic rings. The maximum atomic E-state index is 13.3. The van der Waals surface area contributed by atoms with Gasteiger partial charge in [-0.05, 0) is 36.6 Å². The summed E-state index contributed by atoms with van der Waals surface area (Å²) in [6.07, 6.45) is -2.42. The molecule has 7 heteroatoms. The first-order valence-electron chi connectivity index (χ1n) is 8.22. The minimum Gasteiger partial charge on any atom is -0.465 e. The molecule has 0 bridgehead atoms. The number of halogens is 2. The van der Waals surface area contributed by atoms with Gasteiger partial charge >= 0.3 is 6.09 Å². The zero-order valence-corrected chi connectivity index (χ0v) is 14.4. The van der Waals surface area contributed by atoms with Crippen LogP contribution in [0.1, 0.15) is 16.7 Å². The van der Waals surface area contributed by atoms with E-state index in [1.54, 1.807) is 0 Å². The van der Waals surface area contributed by atoms with Crippen LogP contribution in [0.3, 0.4) is 0 Å². The van der Waals surface area contributed by atoms with E-state index in [1.165, 1.54) is 0 Å². The zero-order valence-electron chi connectivity index (χ0n) is 14.4. The van der Waals surface area contributed by atoms with E-state index in [2.05, 4.69) is 10.6 Å². The molecular weight excluding hydrogens is 342 g/mol. The summed E-state index contributed by atoms with van der Waals surface area (Å²) in [6.45, 7) is 2.60. The standard InChI is InChI=1S/C19H22F2N2O3/c1-12-3-2-4-13(5-12)10-22-11-18(24)17(23-19(25)26)8-14-6-15(20)9-16(21)7-14/h2-7,9,17-18,22-24H,8,10-11H2,1H3,(H,25,26)/t17?,18-/m0/s1. The van der Waals surface area contributed by atoms with Crippen LogP contribution >= 0.6 is 0 Å². The quantitative estimate of drug-likeness (QED) is 0.580. The maximum absolute atomic E-state index is 13.3. The second-order valence-electron chi connectivity index (χ2n) is 6.23. The number of carboxylic acid groups (broad SMARTS) is 1. The second-order valence-corrected chi connectivity index (χ2v) is 6.23. The van der Waals surface area contributed by atoms with Crippen LogP contribution in [0.25, 0.3) is 0 Å². The average molecular weight is 364 g/mol. The van der Waals surface area contributed by atoms with Crippen molar-refractivity contribution in [2.45, 2.75) is 32.0 Å². The van der Waals surface area contributed by atoms with Gasteiger partial charge in [-0.3, -0.25) is 0 Å². The second kappa shape index (κ2) is 9.26. The third-order valence-corrected chi connectivity index (χ3v) is 3.92. The lowest BCUT2D eigenvalue weighted by atomic mass is 10.0. The summed E-state index contributed by atoms with van der Waals surface area (Å²) in [5.74, 6) is -1.50.